The molecule has 32 heavy (non-hydrogen) atoms. The van der Waals surface area contributed by atoms with E-state index in [2.05, 4.69) is 15.4 Å². The van der Waals surface area contributed by atoms with Crippen LogP contribution in [0.2, 0.25) is 0 Å². The van der Waals surface area contributed by atoms with Gasteiger partial charge in [0.05, 0.1) is 0 Å². The Labute approximate surface area is 187 Å². The number of esters is 1. The Kier molecular flexibility index (Phi) is 6.37. The van der Waals surface area contributed by atoms with Crippen molar-refractivity contribution in [2.24, 2.45) is 0 Å². The van der Waals surface area contributed by atoms with E-state index in [4.69, 9.17) is 4.74 Å². The number of fused-ring (bicyclic) bond motifs is 1. The fraction of sp³-hybridized carbons (Fsp3) is 0.174. The maximum absolute atomic E-state index is 12.9. The van der Waals surface area contributed by atoms with Crippen LogP contribution in [0, 0.1) is 6.92 Å². The number of hydrogen-bond acceptors (Lipinski definition) is 7. The first kappa shape index (κ1) is 21.4. The van der Waals surface area contributed by atoms with E-state index in [1.807, 2.05) is 36.4 Å². The topological polar surface area (TPSA) is 103 Å². The van der Waals surface area contributed by atoms with E-state index < -0.39 is 12.0 Å². The van der Waals surface area contributed by atoms with E-state index in [0.717, 1.165) is 5.56 Å². The van der Waals surface area contributed by atoms with Crippen molar-refractivity contribution in [3.63, 3.8) is 0 Å². The zero-order chi connectivity index (χ0) is 22.5. The molecule has 0 aliphatic heterocycles. The van der Waals surface area contributed by atoms with E-state index in [-0.39, 0.29) is 24.5 Å². The van der Waals surface area contributed by atoms with Crippen molar-refractivity contribution in [3.05, 3.63) is 98.9 Å². The fourth-order valence-electron chi connectivity index (χ4n) is 3.13. The molecular weight excluding hydrogens is 428 g/mol. The van der Waals surface area contributed by atoms with E-state index in [1.165, 1.54) is 21.9 Å². The van der Waals surface area contributed by atoms with Gasteiger partial charge in [-0.15, -0.1) is 0 Å². The van der Waals surface area contributed by atoms with E-state index in [9.17, 15) is 14.4 Å². The number of nitrogens with one attached hydrogen (secondary N) is 1. The van der Waals surface area contributed by atoms with Crippen LogP contribution in [0.3, 0.4) is 0 Å². The van der Waals surface area contributed by atoms with Crippen LogP contribution in [0.4, 0.5) is 0 Å². The molecule has 2 aromatic heterocycles. The number of ether oxygens (including phenoxy) is 1. The lowest BCUT2D eigenvalue weighted by molar-refractivity contribution is -0.147. The lowest BCUT2D eigenvalue weighted by Crippen LogP contribution is -2.43. The molecule has 0 saturated heterocycles. The van der Waals surface area contributed by atoms with Crippen molar-refractivity contribution in [1.29, 1.82) is 0 Å². The monoisotopic (exact) mass is 448 g/mol. The summed E-state index contributed by atoms with van der Waals surface area (Å²) in [6.45, 7) is 1.60. The van der Waals surface area contributed by atoms with Gasteiger partial charge in [-0.3, -0.25) is 9.59 Å². The van der Waals surface area contributed by atoms with Crippen molar-refractivity contribution < 1.29 is 14.3 Å². The van der Waals surface area contributed by atoms with Gasteiger partial charge in [0.1, 0.15) is 12.6 Å². The van der Waals surface area contributed by atoms with Crippen LogP contribution in [-0.2, 0) is 22.6 Å². The van der Waals surface area contributed by atoms with Gasteiger partial charge in [-0.05, 0) is 24.6 Å². The Hall–Kier alpha value is -3.85. The summed E-state index contributed by atoms with van der Waals surface area (Å²) in [7, 11) is 0. The molecule has 1 N–H and O–H groups in total. The normalized spacial score (nSPS) is 11.8. The van der Waals surface area contributed by atoms with Crippen LogP contribution >= 0.6 is 11.3 Å². The summed E-state index contributed by atoms with van der Waals surface area (Å²) in [5, 5.41) is 7.37. The van der Waals surface area contributed by atoms with Crippen LogP contribution in [-0.4, -0.2) is 32.5 Å². The average Bonchev–Trinajstić information content (AvgIpc) is 3.21. The highest BCUT2D eigenvalue weighted by Crippen LogP contribution is 2.14. The third kappa shape index (κ3) is 5.06. The van der Waals surface area contributed by atoms with Crippen LogP contribution in [0.5, 0.6) is 0 Å². The smallest absolute Gasteiger partial charge is 0.329 e. The lowest BCUT2D eigenvalue weighted by Gasteiger charge is -2.17. The summed E-state index contributed by atoms with van der Waals surface area (Å²) in [5.41, 5.74) is 1.63. The summed E-state index contributed by atoms with van der Waals surface area (Å²) in [6.07, 6.45) is 0.276. The first-order chi connectivity index (χ1) is 15.5. The quantitative estimate of drug-likeness (QED) is 0.436. The summed E-state index contributed by atoms with van der Waals surface area (Å²) < 4.78 is 6.63. The number of aryl methyl sites for hydroxylation is 1. The molecular formula is C23H20N4O4S. The second kappa shape index (κ2) is 9.52. The number of carbonyl (C=O) groups is 2. The Morgan fingerprint density at radius 1 is 1.09 bits per heavy atom. The first-order valence-corrected chi connectivity index (χ1v) is 10.7. The largest absolute Gasteiger partial charge is 0.457 e. The minimum Gasteiger partial charge on any atom is -0.457 e. The van der Waals surface area contributed by atoms with E-state index in [1.54, 1.807) is 31.2 Å². The molecule has 4 aromatic rings. The molecule has 8 nitrogen and oxygen atoms in total. The minimum absolute atomic E-state index is 0.127. The number of hydrogen-bond donors (Lipinski definition) is 1. The van der Waals surface area contributed by atoms with Crippen LogP contribution in [0.25, 0.3) is 4.96 Å². The second-order valence-electron chi connectivity index (χ2n) is 7.12. The highest BCUT2D eigenvalue weighted by atomic mass is 32.1. The Balaban J connectivity index is 1.49. The van der Waals surface area contributed by atoms with E-state index in [0.29, 0.717) is 21.2 Å². The average molecular weight is 449 g/mol. The van der Waals surface area contributed by atoms with Crippen molar-refractivity contribution in [3.8, 4) is 0 Å². The fourth-order valence-corrected chi connectivity index (χ4v) is 3.98. The Morgan fingerprint density at radius 3 is 2.50 bits per heavy atom. The molecule has 9 heteroatoms. The number of benzene rings is 2. The number of rotatable bonds is 7. The zero-order valence-electron chi connectivity index (χ0n) is 17.2. The van der Waals surface area contributed by atoms with Gasteiger partial charge in [-0.2, -0.15) is 9.61 Å². The number of amides is 1. The third-order valence-corrected chi connectivity index (χ3v) is 5.54. The van der Waals surface area contributed by atoms with E-state index >= 15 is 0 Å². The molecule has 4 rings (SSSR count). The van der Waals surface area contributed by atoms with Gasteiger partial charge in [-0.25, -0.2) is 9.78 Å². The Morgan fingerprint density at radius 2 is 1.78 bits per heavy atom. The first-order valence-electron chi connectivity index (χ1n) is 9.92. The van der Waals surface area contributed by atoms with Crippen LogP contribution in [0.1, 0.15) is 26.6 Å². The predicted octanol–water partition coefficient (Wildman–Crippen LogP) is 2.54. The number of aromatic nitrogens is 3. The summed E-state index contributed by atoms with van der Waals surface area (Å²) in [6, 6.07) is 18.5. The highest BCUT2D eigenvalue weighted by molar-refractivity contribution is 7.16. The van der Waals surface area contributed by atoms with Crippen molar-refractivity contribution >= 4 is 28.2 Å². The van der Waals surface area contributed by atoms with Crippen molar-refractivity contribution in [2.75, 3.05) is 0 Å². The van der Waals surface area contributed by atoms with Crippen LogP contribution < -0.4 is 10.9 Å². The molecule has 2 heterocycles. The molecule has 0 fully saturated rings. The van der Waals surface area contributed by atoms with Gasteiger partial charge in [0.25, 0.3) is 11.5 Å². The number of nitrogens with zero attached hydrogens (tertiary/aromatic N) is 3. The molecule has 2 aromatic carbocycles. The van der Waals surface area contributed by atoms with Gasteiger partial charge >= 0.3 is 5.97 Å². The minimum atomic E-state index is -0.887. The van der Waals surface area contributed by atoms with Crippen molar-refractivity contribution in [1.82, 2.24) is 19.9 Å². The molecule has 0 aliphatic carbocycles. The van der Waals surface area contributed by atoms with Gasteiger partial charge < -0.3 is 10.1 Å². The maximum atomic E-state index is 12.9. The summed E-state index contributed by atoms with van der Waals surface area (Å²) in [4.78, 5) is 42.2. The SMILES string of the molecule is Cc1cc(=O)n2nc(COC(=O)C(Cc3ccccc3)NC(=O)c3ccccc3)sc2n1. The summed E-state index contributed by atoms with van der Waals surface area (Å²) >= 11 is 1.17. The van der Waals surface area contributed by atoms with Gasteiger partial charge in [0.2, 0.25) is 4.96 Å². The molecule has 1 unspecified atom stereocenters. The highest BCUT2D eigenvalue weighted by Gasteiger charge is 2.24. The maximum Gasteiger partial charge on any atom is 0.329 e. The second-order valence-corrected chi connectivity index (χ2v) is 8.16. The molecule has 0 radical (unpaired) electrons. The number of carbonyl (C=O) groups excluding carboxylic acids is 2. The van der Waals surface area contributed by atoms with Gasteiger partial charge in [0, 0.05) is 23.7 Å². The molecule has 0 saturated carbocycles. The standard InChI is InChI=1S/C23H20N4O4S/c1-15-12-20(28)27-23(24-15)32-19(26-27)14-31-22(30)18(13-16-8-4-2-5-9-16)25-21(29)17-10-6-3-7-11-17/h2-12,18H,13-14H2,1H3,(H,25,29). The van der Waals surface area contributed by atoms with Crippen LogP contribution in [0.15, 0.2) is 71.5 Å². The molecule has 0 aliphatic rings. The zero-order valence-corrected chi connectivity index (χ0v) is 18.0. The molecule has 1 amide bonds. The molecule has 162 valence electrons. The third-order valence-electron chi connectivity index (χ3n) is 4.66. The van der Waals surface area contributed by atoms with Crippen molar-refractivity contribution in [2.45, 2.75) is 26.0 Å². The predicted molar refractivity (Wildman–Crippen MR) is 120 cm³/mol. The Bertz CT molecular complexity index is 1300. The summed E-state index contributed by atoms with van der Waals surface area (Å²) in [5.74, 6) is -0.955. The van der Waals surface area contributed by atoms with Gasteiger partial charge in [-0.1, -0.05) is 59.9 Å². The molecule has 1 atom stereocenters. The molecule has 0 spiro atoms. The van der Waals surface area contributed by atoms with Gasteiger partial charge in [0.15, 0.2) is 5.01 Å². The lowest BCUT2D eigenvalue weighted by atomic mass is 10.1. The molecule has 0 bridgehead atoms.